The van der Waals surface area contributed by atoms with Gasteiger partial charge >= 0.3 is 0 Å². The summed E-state index contributed by atoms with van der Waals surface area (Å²) in [6, 6.07) is 9.98. The molecular weight excluding hydrogens is 326 g/mol. The molecular formula is C13H11N3S4. The number of aryl methyl sites for hydroxylation is 1. The molecule has 0 aliphatic heterocycles. The molecule has 0 amide bonds. The van der Waals surface area contributed by atoms with Crippen molar-refractivity contribution in [3.8, 4) is 5.69 Å². The van der Waals surface area contributed by atoms with Gasteiger partial charge in [0, 0.05) is 11.1 Å². The lowest BCUT2D eigenvalue weighted by Gasteiger charge is -1.98. The summed E-state index contributed by atoms with van der Waals surface area (Å²) in [6.45, 7) is 2.02. The predicted molar refractivity (Wildman–Crippen MR) is 88.7 cm³/mol. The van der Waals surface area contributed by atoms with Crippen LogP contribution in [0.5, 0.6) is 0 Å². The van der Waals surface area contributed by atoms with Gasteiger partial charge in [0.15, 0.2) is 8.29 Å². The molecule has 0 unspecified atom stereocenters. The second-order valence-electron chi connectivity index (χ2n) is 4.03. The number of benzene rings is 1. The van der Waals surface area contributed by atoms with E-state index in [0.717, 1.165) is 30.4 Å². The van der Waals surface area contributed by atoms with Crippen LogP contribution in [0.1, 0.15) is 10.7 Å². The Bertz CT molecular complexity index is 757. The van der Waals surface area contributed by atoms with Crippen LogP contribution in [0.2, 0.25) is 0 Å². The molecule has 7 heteroatoms. The van der Waals surface area contributed by atoms with E-state index >= 15 is 0 Å². The van der Waals surface area contributed by atoms with Gasteiger partial charge in [-0.2, -0.15) is 0 Å². The second-order valence-corrected chi connectivity index (χ2v) is 7.94. The van der Waals surface area contributed by atoms with Crippen LogP contribution in [-0.4, -0.2) is 14.8 Å². The number of para-hydroxylation sites is 1. The summed E-state index contributed by atoms with van der Waals surface area (Å²) < 4.78 is 3.56. The molecule has 0 saturated heterocycles. The number of hydrogen-bond donors (Lipinski definition) is 0. The maximum atomic E-state index is 5.38. The van der Waals surface area contributed by atoms with Crippen LogP contribution in [0.25, 0.3) is 5.69 Å². The number of rotatable bonds is 4. The lowest BCUT2D eigenvalue weighted by atomic mass is 10.3. The molecule has 3 nitrogen and oxygen atoms in total. The highest BCUT2D eigenvalue weighted by atomic mass is 32.2. The molecule has 102 valence electrons. The number of thiazole rings is 1. The van der Waals surface area contributed by atoms with Gasteiger partial charge in [0.1, 0.15) is 0 Å². The van der Waals surface area contributed by atoms with Crippen molar-refractivity contribution in [1.82, 2.24) is 14.8 Å². The molecule has 0 bridgehead atoms. The fourth-order valence-electron chi connectivity index (χ4n) is 1.66. The fraction of sp³-hybridized carbons (Fsp3) is 0.154. The van der Waals surface area contributed by atoms with E-state index < -0.39 is 0 Å². The summed E-state index contributed by atoms with van der Waals surface area (Å²) in [5, 5.41) is 7.76. The van der Waals surface area contributed by atoms with Crippen molar-refractivity contribution >= 4 is 46.7 Å². The Morgan fingerprint density at radius 2 is 2.10 bits per heavy atom. The van der Waals surface area contributed by atoms with Crippen molar-refractivity contribution in [1.29, 1.82) is 0 Å². The van der Waals surface area contributed by atoms with Gasteiger partial charge in [-0.3, -0.25) is 0 Å². The van der Waals surface area contributed by atoms with Gasteiger partial charge in [0.25, 0.3) is 0 Å². The highest BCUT2D eigenvalue weighted by molar-refractivity contribution is 8.00. The van der Waals surface area contributed by atoms with Crippen molar-refractivity contribution in [2.45, 2.75) is 17.0 Å². The number of thioether (sulfide) groups is 1. The Hall–Kier alpha value is -1.02. The van der Waals surface area contributed by atoms with E-state index in [-0.39, 0.29) is 0 Å². The average Bonchev–Trinajstić information content (AvgIpc) is 3.03. The summed E-state index contributed by atoms with van der Waals surface area (Å²) in [7, 11) is 0. The molecule has 0 radical (unpaired) electrons. The quantitative estimate of drug-likeness (QED) is 0.509. The first-order chi connectivity index (χ1) is 9.72. The largest absolute Gasteiger partial charge is 0.246 e. The highest BCUT2D eigenvalue weighted by Crippen LogP contribution is 2.27. The van der Waals surface area contributed by atoms with Crippen molar-refractivity contribution in [3.05, 3.63) is 50.4 Å². The van der Waals surface area contributed by atoms with Gasteiger partial charge in [-0.25, -0.2) is 9.67 Å². The summed E-state index contributed by atoms with van der Waals surface area (Å²) in [5.41, 5.74) is 2.11. The monoisotopic (exact) mass is 337 g/mol. The molecule has 2 heterocycles. The Kier molecular flexibility index (Phi) is 4.30. The highest BCUT2D eigenvalue weighted by Gasteiger charge is 2.07. The molecule has 20 heavy (non-hydrogen) atoms. The predicted octanol–water partition coefficient (Wildman–Crippen LogP) is 4.72. The van der Waals surface area contributed by atoms with E-state index in [0.29, 0.717) is 0 Å². The van der Waals surface area contributed by atoms with E-state index in [9.17, 15) is 0 Å². The van der Waals surface area contributed by atoms with Crippen molar-refractivity contribution in [2.24, 2.45) is 0 Å². The summed E-state index contributed by atoms with van der Waals surface area (Å²) in [6.07, 6.45) is 0. The Labute approximate surface area is 134 Å². The topological polar surface area (TPSA) is 30.7 Å². The van der Waals surface area contributed by atoms with E-state index in [1.165, 1.54) is 0 Å². The fourth-order valence-corrected chi connectivity index (χ4v) is 4.63. The van der Waals surface area contributed by atoms with Crippen LogP contribution in [0.4, 0.5) is 0 Å². The molecule has 2 aromatic heterocycles. The SMILES string of the molecule is Cc1nc(CSc2nn(-c3ccccc3)c(=S)s2)cs1. The zero-order valence-electron chi connectivity index (χ0n) is 10.6. The standard InChI is InChI=1S/C13H11N3S4/c1-9-14-10(7-18-9)8-19-12-15-16(13(17)20-12)11-5-3-2-4-6-11/h2-7H,8H2,1H3. The van der Waals surface area contributed by atoms with Crippen molar-refractivity contribution in [3.63, 3.8) is 0 Å². The molecule has 1 aromatic carbocycles. The third-order valence-corrected chi connectivity index (χ3v) is 5.76. The normalized spacial score (nSPS) is 10.8. The Balaban J connectivity index is 1.77. The average molecular weight is 338 g/mol. The molecule has 0 atom stereocenters. The minimum Gasteiger partial charge on any atom is -0.246 e. The van der Waals surface area contributed by atoms with Crippen LogP contribution in [0.15, 0.2) is 40.1 Å². The zero-order valence-corrected chi connectivity index (χ0v) is 13.9. The third-order valence-electron chi connectivity index (χ3n) is 2.54. The van der Waals surface area contributed by atoms with Gasteiger partial charge < -0.3 is 0 Å². The second kappa shape index (κ2) is 6.17. The summed E-state index contributed by atoms with van der Waals surface area (Å²) in [5.74, 6) is 0.835. The van der Waals surface area contributed by atoms with E-state index in [1.54, 1.807) is 34.4 Å². The van der Waals surface area contributed by atoms with Crippen LogP contribution >= 0.6 is 46.7 Å². The van der Waals surface area contributed by atoms with Gasteiger partial charge in [0.2, 0.25) is 0 Å². The molecule has 3 aromatic rings. The van der Waals surface area contributed by atoms with Crippen LogP contribution in [-0.2, 0) is 5.75 Å². The van der Waals surface area contributed by atoms with Crippen LogP contribution in [0, 0.1) is 10.9 Å². The minimum absolute atomic E-state index is 0.771. The molecule has 0 spiro atoms. The van der Waals surface area contributed by atoms with Crippen molar-refractivity contribution in [2.75, 3.05) is 0 Å². The molecule has 0 saturated carbocycles. The van der Waals surface area contributed by atoms with Gasteiger partial charge in [-0.05, 0) is 31.3 Å². The third kappa shape index (κ3) is 3.17. The number of hydrogen-bond acceptors (Lipinski definition) is 6. The van der Waals surface area contributed by atoms with E-state index in [2.05, 4.69) is 15.5 Å². The van der Waals surface area contributed by atoms with Crippen LogP contribution in [0.3, 0.4) is 0 Å². The first kappa shape index (κ1) is 13.9. The minimum atomic E-state index is 0.771. The van der Waals surface area contributed by atoms with Gasteiger partial charge in [-0.1, -0.05) is 41.3 Å². The van der Waals surface area contributed by atoms with Crippen LogP contribution < -0.4 is 0 Å². The van der Waals surface area contributed by atoms with E-state index in [1.807, 2.05) is 41.9 Å². The lowest BCUT2D eigenvalue weighted by molar-refractivity contribution is 0.829. The van der Waals surface area contributed by atoms with E-state index in [4.69, 9.17) is 12.2 Å². The Morgan fingerprint density at radius 3 is 2.80 bits per heavy atom. The van der Waals surface area contributed by atoms with Gasteiger partial charge in [-0.15, -0.1) is 16.4 Å². The first-order valence-electron chi connectivity index (χ1n) is 5.92. The smallest absolute Gasteiger partial charge is 0.184 e. The maximum absolute atomic E-state index is 5.38. The number of aromatic nitrogens is 3. The molecule has 0 aliphatic carbocycles. The summed E-state index contributed by atoms with van der Waals surface area (Å²) in [4.78, 5) is 4.45. The lowest BCUT2D eigenvalue weighted by Crippen LogP contribution is -1.95. The molecule has 3 rings (SSSR count). The molecule has 0 N–H and O–H groups in total. The molecule has 0 fully saturated rings. The van der Waals surface area contributed by atoms with Gasteiger partial charge in [0.05, 0.1) is 16.4 Å². The summed E-state index contributed by atoms with van der Waals surface area (Å²) >= 11 is 10.3. The number of nitrogens with zero attached hydrogens (tertiary/aromatic N) is 3. The van der Waals surface area contributed by atoms with Crippen molar-refractivity contribution < 1.29 is 0 Å². The maximum Gasteiger partial charge on any atom is 0.184 e. The first-order valence-corrected chi connectivity index (χ1v) is 9.01. The Morgan fingerprint density at radius 1 is 1.30 bits per heavy atom. The molecule has 0 aliphatic rings. The zero-order chi connectivity index (χ0) is 13.9.